The van der Waals surface area contributed by atoms with Gasteiger partial charge in [0.15, 0.2) is 6.04 Å². The van der Waals surface area contributed by atoms with Crippen molar-refractivity contribution in [3.63, 3.8) is 0 Å². The third-order valence-corrected chi connectivity index (χ3v) is 4.34. The molecule has 2 unspecified atom stereocenters. The Morgan fingerprint density at radius 2 is 2.21 bits per heavy atom. The highest BCUT2D eigenvalue weighted by Gasteiger charge is 2.41. The van der Waals surface area contributed by atoms with E-state index in [4.69, 9.17) is 4.74 Å². The standard InChI is InChI=1S/C16H19N3O5/c20-14-7-11(8-18(14)9-12-3-1-2-4-17-12)15(21)19-5-6-24-10-13(19)16(22)23/h1-4,11,13H,5-10H2,(H,22,23). The first kappa shape index (κ1) is 16.4. The van der Waals surface area contributed by atoms with Gasteiger partial charge in [-0.1, -0.05) is 6.07 Å². The second-order valence-corrected chi connectivity index (χ2v) is 5.96. The summed E-state index contributed by atoms with van der Waals surface area (Å²) in [6, 6.07) is 4.49. The largest absolute Gasteiger partial charge is 0.480 e. The second-order valence-electron chi connectivity index (χ2n) is 5.96. The van der Waals surface area contributed by atoms with Gasteiger partial charge in [-0.2, -0.15) is 0 Å². The van der Waals surface area contributed by atoms with Gasteiger partial charge in [0.2, 0.25) is 11.8 Å². The third-order valence-electron chi connectivity index (χ3n) is 4.34. The molecule has 1 aromatic rings. The summed E-state index contributed by atoms with van der Waals surface area (Å²) >= 11 is 0. The fourth-order valence-corrected chi connectivity index (χ4v) is 3.08. The predicted octanol–water partition coefficient (Wildman–Crippen LogP) is -0.258. The maximum atomic E-state index is 12.7. The van der Waals surface area contributed by atoms with E-state index in [-0.39, 0.29) is 37.9 Å². The van der Waals surface area contributed by atoms with Gasteiger partial charge in [0, 0.05) is 25.7 Å². The molecule has 2 atom stereocenters. The number of morpholine rings is 1. The molecule has 3 heterocycles. The molecule has 24 heavy (non-hydrogen) atoms. The van der Waals surface area contributed by atoms with E-state index in [0.29, 0.717) is 13.2 Å². The van der Waals surface area contributed by atoms with Crippen molar-refractivity contribution < 1.29 is 24.2 Å². The van der Waals surface area contributed by atoms with Crippen molar-refractivity contribution in [3.05, 3.63) is 30.1 Å². The molecule has 2 saturated heterocycles. The van der Waals surface area contributed by atoms with Crippen molar-refractivity contribution in [3.8, 4) is 0 Å². The van der Waals surface area contributed by atoms with Gasteiger partial charge in [-0.15, -0.1) is 0 Å². The Kier molecular flexibility index (Phi) is 4.75. The number of rotatable bonds is 4. The molecule has 0 radical (unpaired) electrons. The predicted molar refractivity (Wildman–Crippen MR) is 81.7 cm³/mol. The highest BCUT2D eigenvalue weighted by molar-refractivity contribution is 5.91. The molecule has 8 nitrogen and oxygen atoms in total. The Hall–Kier alpha value is -2.48. The Bertz CT molecular complexity index is 636. The van der Waals surface area contributed by atoms with Crippen LogP contribution in [0, 0.1) is 5.92 Å². The lowest BCUT2D eigenvalue weighted by Crippen LogP contribution is -2.54. The van der Waals surface area contributed by atoms with Crippen LogP contribution in [0.4, 0.5) is 0 Å². The Balaban J connectivity index is 1.66. The molecule has 1 N–H and O–H groups in total. The molecule has 2 fully saturated rings. The molecule has 3 rings (SSSR count). The zero-order chi connectivity index (χ0) is 17.1. The van der Waals surface area contributed by atoms with Crippen LogP contribution < -0.4 is 0 Å². The number of carboxylic acid groups (broad SMARTS) is 1. The number of aromatic nitrogens is 1. The number of hydrogen-bond acceptors (Lipinski definition) is 5. The topological polar surface area (TPSA) is 100 Å². The van der Waals surface area contributed by atoms with Gasteiger partial charge in [0.05, 0.1) is 31.4 Å². The lowest BCUT2D eigenvalue weighted by atomic mass is 10.1. The van der Waals surface area contributed by atoms with Crippen LogP contribution in [0.25, 0.3) is 0 Å². The monoisotopic (exact) mass is 333 g/mol. The summed E-state index contributed by atoms with van der Waals surface area (Å²) < 4.78 is 5.15. The number of carbonyl (C=O) groups is 3. The SMILES string of the molecule is O=C(O)C1COCCN1C(=O)C1CC(=O)N(Cc2ccccn2)C1. The molecule has 1 aromatic heterocycles. The van der Waals surface area contributed by atoms with Crippen LogP contribution >= 0.6 is 0 Å². The molecule has 0 aromatic carbocycles. The van der Waals surface area contributed by atoms with Gasteiger partial charge in [-0.3, -0.25) is 14.6 Å². The molecule has 2 aliphatic rings. The average Bonchev–Trinajstić information content (AvgIpc) is 2.96. The fraction of sp³-hybridized carbons (Fsp3) is 0.500. The summed E-state index contributed by atoms with van der Waals surface area (Å²) in [6.45, 7) is 1.18. The van der Waals surface area contributed by atoms with Gasteiger partial charge in [-0.25, -0.2) is 4.79 Å². The summed E-state index contributed by atoms with van der Waals surface area (Å²) in [5.74, 6) is -2.00. The molecule has 128 valence electrons. The van der Waals surface area contributed by atoms with Crippen molar-refractivity contribution >= 4 is 17.8 Å². The number of carbonyl (C=O) groups excluding carboxylic acids is 2. The summed E-state index contributed by atoms with van der Waals surface area (Å²) in [6.07, 6.45) is 1.76. The highest BCUT2D eigenvalue weighted by atomic mass is 16.5. The molecular formula is C16H19N3O5. The van der Waals surface area contributed by atoms with Crippen molar-refractivity contribution in [2.75, 3.05) is 26.3 Å². The number of ether oxygens (including phenoxy) is 1. The van der Waals surface area contributed by atoms with Gasteiger partial charge in [0.1, 0.15) is 0 Å². The number of likely N-dealkylation sites (tertiary alicyclic amines) is 1. The number of amides is 2. The van der Waals surface area contributed by atoms with Crippen molar-refractivity contribution in [2.24, 2.45) is 5.92 Å². The quantitative estimate of drug-likeness (QED) is 0.815. The van der Waals surface area contributed by atoms with Gasteiger partial charge >= 0.3 is 5.97 Å². The van der Waals surface area contributed by atoms with Crippen LogP contribution in [0.15, 0.2) is 24.4 Å². The van der Waals surface area contributed by atoms with E-state index < -0.39 is 17.9 Å². The number of aliphatic carboxylic acids is 1. The van der Waals surface area contributed by atoms with E-state index in [9.17, 15) is 19.5 Å². The third kappa shape index (κ3) is 3.38. The van der Waals surface area contributed by atoms with Crippen LogP contribution in [-0.4, -0.2) is 70.0 Å². The van der Waals surface area contributed by atoms with Crippen LogP contribution in [0.3, 0.4) is 0 Å². The maximum Gasteiger partial charge on any atom is 0.328 e. The van der Waals surface area contributed by atoms with Gasteiger partial charge in [-0.05, 0) is 12.1 Å². The zero-order valence-electron chi connectivity index (χ0n) is 13.1. The van der Waals surface area contributed by atoms with E-state index in [0.717, 1.165) is 5.69 Å². The zero-order valence-corrected chi connectivity index (χ0v) is 13.1. The highest BCUT2D eigenvalue weighted by Crippen LogP contribution is 2.23. The lowest BCUT2D eigenvalue weighted by Gasteiger charge is -2.34. The van der Waals surface area contributed by atoms with E-state index in [1.54, 1.807) is 17.2 Å². The van der Waals surface area contributed by atoms with E-state index in [2.05, 4.69) is 4.98 Å². The van der Waals surface area contributed by atoms with Gasteiger partial charge < -0.3 is 19.6 Å². The first-order valence-electron chi connectivity index (χ1n) is 7.85. The van der Waals surface area contributed by atoms with Crippen molar-refractivity contribution in [2.45, 2.75) is 19.0 Å². The second kappa shape index (κ2) is 6.96. The van der Waals surface area contributed by atoms with Crippen LogP contribution in [-0.2, 0) is 25.7 Å². The Morgan fingerprint density at radius 1 is 1.38 bits per heavy atom. The summed E-state index contributed by atoms with van der Waals surface area (Å²) in [7, 11) is 0. The summed E-state index contributed by atoms with van der Waals surface area (Å²) in [5.41, 5.74) is 0.758. The molecule has 0 spiro atoms. The minimum atomic E-state index is -1.09. The van der Waals surface area contributed by atoms with Crippen LogP contribution in [0.1, 0.15) is 12.1 Å². The van der Waals surface area contributed by atoms with Crippen molar-refractivity contribution in [1.82, 2.24) is 14.8 Å². The summed E-state index contributed by atoms with van der Waals surface area (Å²) in [5, 5.41) is 9.24. The van der Waals surface area contributed by atoms with Crippen LogP contribution in [0.2, 0.25) is 0 Å². The molecule has 0 saturated carbocycles. The number of hydrogen-bond donors (Lipinski definition) is 1. The molecule has 0 bridgehead atoms. The average molecular weight is 333 g/mol. The van der Waals surface area contributed by atoms with E-state index >= 15 is 0 Å². The normalized spacial score (nSPS) is 24.2. The molecule has 2 amide bonds. The molecular weight excluding hydrogens is 314 g/mol. The number of nitrogens with zero attached hydrogens (tertiary/aromatic N) is 3. The lowest BCUT2D eigenvalue weighted by molar-refractivity contribution is -0.160. The van der Waals surface area contributed by atoms with Crippen molar-refractivity contribution in [1.29, 1.82) is 0 Å². The van der Waals surface area contributed by atoms with E-state index in [1.165, 1.54) is 4.90 Å². The minimum Gasteiger partial charge on any atom is -0.480 e. The summed E-state index contributed by atoms with van der Waals surface area (Å²) in [4.78, 5) is 43.3. The molecule has 8 heteroatoms. The Morgan fingerprint density at radius 3 is 2.92 bits per heavy atom. The van der Waals surface area contributed by atoms with E-state index in [1.807, 2.05) is 12.1 Å². The smallest absolute Gasteiger partial charge is 0.328 e. The maximum absolute atomic E-state index is 12.7. The number of pyridine rings is 1. The minimum absolute atomic E-state index is 0.0145. The van der Waals surface area contributed by atoms with Crippen LogP contribution in [0.5, 0.6) is 0 Å². The first-order valence-corrected chi connectivity index (χ1v) is 7.85. The molecule has 0 aliphatic carbocycles. The Labute approximate surface area is 139 Å². The molecule has 2 aliphatic heterocycles. The number of carboxylic acids is 1. The fourth-order valence-electron chi connectivity index (χ4n) is 3.08. The first-order chi connectivity index (χ1) is 11.6. The van der Waals surface area contributed by atoms with Gasteiger partial charge in [0.25, 0.3) is 0 Å².